The van der Waals surface area contributed by atoms with Crippen LogP contribution in [0.5, 0.6) is 11.5 Å². The van der Waals surface area contributed by atoms with Gasteiger partial charge in [-0.15, -0.1) is 0 Å². The number of carbonyl (C=O) groups excluding carboxylic acids is 1. The highest BCUT2D eigenvalue weighted by molar-refractivity contribution is 7.92. The zero-order valence-corrected chi connectivity index (χ0v) is 16.3. The number of hydrogen-bond donors (Lipinski definition) is 2. The normalized spacial score (nSPS) is 12.0. The zero-order valence-electron chi connectivity index (χ0n) is 14.6. The van der Waals surface area contributed by atoms with E-state index in [0.717, 1.165) is 0 Å². The van der Waals surface area contributed by atoms with E-state index in [0.29, 0.717) is 6.42 Å². The Morgan fingerprint density at radius 1 is 1.15 bits per heavy atom. The van der Waals surface area contributed by atoms with Crippen molar-refractivity contribution in [2.45, 2.75) is 31.6 Å². The van der Waals surface area contributed by atoms with Crippen LogP contribution in [0.25, 0.3) is 0 Å². The van der Waals surface area contributed by atoms with Gasteiger partial charge in [0, 0.05) is 6.42 Å². The maximum Gasteiger partial charge on any atom is 0.469 e. The summed E-state index contributed by atoms with van der Waals surface area (Å²) in [5.41, 5.74) is 0. The molecule has 26 heavy (non-hydrogen) atoms. The molecule has 0 aliphatic carbocycles. The molecule has 0 heterocycles. The summed E-state index contributed by atoms with van der Waals surface area (Å²) in [4.78, 5) is 28.3. The van der Waals surface area contributed by atoms with Gasteiger partial charge in [0.15, 0.2) is 21.3 Å². The number of carbonyl (C=O) groups is 1. The largest absolute Gasteiger partial charge is 0.490 e. The summed E-state index contributed by atoms with van der Waals surface area (Å²) in [5, 5.41) is 0. The maximum absolute atomic E-state index is 12.4. The van der Waals surface area contributed by atoms with Gasteiger partial charge < -0.3 is 19.3 Å². The maximum atomic E-state index is 12.4. The van der Waals surface area contributed by atoms with E-state index in [1.165, 1.54) is 25.1 Å². The number of phosphoric acid groups is 1. The lowest BCUT2D eigenvalue weighted by atomic mass is 10.3. The summed E-state index contributed by atoms with van der Waals surface area (Å²) in [5.74, 6) is -0.951. The van der Waals surface area contributed by atoms with Crippen LogP contribution in [0.3, 0.4) is 0 Å². The summed E-state index contributed by atoms with van der Waals surface area (Å²) in [7, 11) is -8.42. The van der Waals surface area contributed by atoms with E-state index in [9.17, 15) is 17.8 Å². The monoisotopic (exact) mass is 410 g/mol. The molecule has 0 spiro atoms. The third-order valence-corrected chi connectivity index (χ3v) is 5.22. The number of sulfone groups is 1. The van der Waals surface area contributed by atoms with Crippen LogP contribution in [-0.4, -0.2) is 49.6 Å². The minimum absolute atomic E-state index is 0.0199. The molecule has 0 bridgehead atoms. The van der Waals surface area contributed by atoms with Crippen LogP contribution < -0.4 is 9.47 Å². The van der Waals surface area contributed by atoms with Crippen LogP contribution in [-0.2, 0) is 23.7 Å². The number of ether oxygens (including phenoxy) is 2. The molecule has 11 heteroatoms. The average Bonchev–Trinajstić information content (AvgIpc) is 2.50. The van der Waals surface area contributed by atoms with E-state index in [1.807, 2.05) is 6.92 Å². The Kier molecular flexibility index (Phi) is 8.72. The van der Waals surface area contributed by atoms with Crippen molar-refractivity contribution in [2.24, 2.45) is 0 Å². The molecule has 1 aromatic rings. The fourth-order valence-corrected chi connectivity index (χ4v) is 3.76. The lowest BCUT2D eigenvalue weighted by Crippen LogP contribution is -2.15. The Labute approximate surface area is 152 Å². The van der Waals surface area contributed by atoms with Crippen LogP contribution in [0.15, 0.2) is 23.1 Å². The number of ketones is 1. The van der Waals surface area contributed by atoms with Crippen LogP contribution >= 0.6 is 7.82 Å². The summed E-state index contributed by atoms with van der Waals surface area (Å²) >= 11 is 0. The number of hydrogen-bond acceptors (Lipinski definition) is 7. The van der Waals surface area contributed by atoms with Crippen molar-refractivity contribution in [2.75, 3.05) is 25.6 Å². The molecule has 0 saturated heterocycles. The van der Waals surface area contributed by atoms with Gasteiger partial charge >= 0.3 is 7.82 Å². The molecular weight excluding hydrogens is 387 g/mol. The number of phosphoric ester groups is 1. The molecule has 0 unspecified atom stereocenters. The van der Waals surface area contributed by atoms with E-state index in [2.05, 4.69) is 4.52 Å². The van der Waals surface area contributed by atoms with Crippen molar-refractivity contribution in [3.63, 3.8) is 0 Å². The third kappa shape index (κ3) is 7.84. The van der Waals surface area contributed by atoms with Crippen molar-refractivity contribution in [3.05, 3.63) is 18.2 Å². The Morgan fingerprint density at radius 2 is 1.85 bits per heavy atom. The summed E-state index contributed by atoms with van der Waals surface area (Å²) in [6.07, 6.45) is 0.805. The highest BCUT2D eigenvalue weighted by atomic mass is 32.2. The van der Waals surface area contributed by atoms with Crippen molar-refractivity contribution >= 4 is 23.4 Å². The van der Waals surface area contributed by atoms with Gasteiger partial charge in [-0.05, 0) is 25.5 Å². The Hall–Kier alpha value is -1.45. The second-order valence-corrected chi connectivity index (χ2v) is 8.62. The first-order chi connectivity index (χ1) is 12.1. The van der Waals surface area contributed by atoms with Gasteiger partial charge in [0.1, 0.15) is 16.4 Å². The minimum atomic E-state index is -4.54. The van der Waals surface area contributed by atoms with Gasteiger partial charge in [-0.2, -0.15) is 0 Å². The lowest BCUT2D eigenvalue weighted by Gasteiger charge is -2.16. The van der Waals surface area contributed by atoms with Crippen molar-refractivity contribution < 1.29 is 41.6 Å². The van der Waals surface area contributed by atoms with Crippen molar-refractivity contribution in [1.82, 2.24) is 0 Å². The second kappa shape index (κ2) is 10.0. The molecule has 0 fully saturated rings. The van der Waals surface area contributed by atoms with E-state index < -0.39 is 29.2 Å². The Bertz CT molecular complexity index is 754. The highest BCUT2D eigenvalue weighted by Gasteiger charge is 2.24. The quantitative estimate of drug-likeness (QED) is 0.390. The van der Waals surface area contributed by atoms with Gasteiger partial charge in [0.05, 0.1) is 19.8 Å². The number of rotatable bonds is 12. The molecule has 0 radical (unpaired) electrons. The van der Waals surface area contributed by atoms with Crippen LogP contribution in [0.4, 0.5) is 0 Å². The van der Waals surface area contributed by atoms with E-state index in [-0.39, 0.29) is 42.6 Å². The summed E-state index contributed by atoms with van der Waals surface area (Å²) in [6.45, 7) is 3.10. The number of Topliss-reactive ketones (excluding diaryl/α,β-unsaturated/α-hetero) is 1. The molecule has 148 valence electrons. The fraction of sp³-hybridized carbons (Fsp3) is 0.533. The molecule has 0 aliphatic rings. The molecule has 2 N–H and O–H groups in total. The molecular formula is C15H23O9PS. The minimum Gasteiger partial charge on any atom is -0.490 e. The predicted molar refractivity (Wildman–Crippen MR) is 93.1 cm³/mol. The molecule has 0 saturated carbocycles. The lowest BCUT2D eigenvalue weighted by molar-refractivity contribution is -0.114. The van der Waals surface area contributed by atoms with Gasteiger partial charge in [-0.1, -0.05) is 13.0 Å². The molecule has 0 aliphatic heterocycles. The standard InChI is InChI=1S/C15H23O9PS/c1-3-8-23-15-13(22-9-5-10-24-25(17,18)19)6-4-7-14(15)26(20,21)11-12(2)16/h4,6-7H,3,5,8-11H2,1-2H3,(H2,17,18,19). The summed E-state index contributed by atoms with van der Waals surface area (Å²) in [6, 6.07) is 4.32. The van der Waals surface area contributed by atoms with Crippen LogP contribution in [0.2, 0.25) is 0 Å². The van der Waals surface area contributed by atoms with Crippen molar-refractivity contribution in [3.8, 4) is 11.5 Å². The zero-order chi connectivity index (χ0) is 19.8. The number of para-hydroxylation sites is 1. The second-order valence-electron chi connectivity index (χ2n) is 5.42. The molecule has 0 amide bonds. The van der Waals surface area contributed by atoms with Gasteiger partial charge in [-0.3, -0.25) is 9.32 Å². The highest BCUT2D eigenvalue weighted by Crippen LogP contribution is 2.37. The first-order valence-corrected chi connectivity index (χ1v) is 11.1. The van der Waals surface area contributed by atoms with E-state index >= 15 is 0 Å². The average molecular weight is 410 g/mol. The molecule has 9 nitrogen and oxygen atoms in total. The van der Waals surface area contributed by atoms with E-state index in [1.54, 1.807) is 0 Å². The third-order valence-electron chi connectivity index (χ3n) is 2.93. The first kappa shape index (κ1) is 22.6. The first-order valence-electron chi connectivity index (χ1n) is 7.87. The molecule has 0 atom stereocenters. The molecule has 0 aromatic heterocycles. The van der Waals surface area contributed by atoms with Gasteiger partial charge in [0.2, 0.25) is 0 Å². The Morgan fingerprint density at radius 3 is 2.42 bits per heavy atom. The van der Waals surface area contributed by atoms with E-state index in [4.69, 9.17) is 19.3 Å². The topological polar surface area (TPSA) is 136 Å². The van der Waals surface area contributed by atoms with Gasteiger partial charge in [-0.25, -0.2) is 13.0 Å². The van der Waals surface area contributed by atoms with Gasteiger partial charge in [0.25, 0.3) is 0 Å². The SMILES string of the molecule is CCCOc1c(OCCCOP(=O)(O)O)cccc1S(=O)(=O)CC(C)=O. The fourth-order valence-electron chi connectivity index (χ4n) is 1.97. The Balaban J connectivity index is 2.95. The van der Waals surface area contributed by atoms with Crippen molar-refractivity contribution in [1.29, 1.82) is 0 Å². The molecule has 1 aromatic carbocycles. The predicted octanol–water partition coefficient (Wildman–Crippen LogP) is 1.72. The smallest absolute Gasteiger partial charge is 0.469 e. The molecule has 1 rings (SSSR count). The summed E-state index contributed by atoms with van der Waals surface area (Å²) < 4.78 is 50.7. The van der Waals surface area contributed by atoms with Crippen LogP contribution in [0, 0.1) is 0 Å². The van der Waals surface area contributed by atoms with Crippen LogP contribution in [0.1, 0.15) is 26.7 Å². The number of benzene rings is 1.